The van der Waals surface area contributed by atoms with Crippen LogP contribution in [0.15, 0.2) is 0 Å². The maximum absolute atomic E-state index is 12.0. The smallest absolute Gasteiger partial charge is 0.315 e. The highest BCUT2D eigenvalue weighted by Gasteiger charge is 2.45. The molecule has 0 aliphatic heterocycles. The average Bonchev–Trinajstić information content (AvgIpc) is 2.71. The zero-order chi connectivity index (χ0) is 16.2. The molecule has 2 atom stereocenters. The van der Waals surface area contributed by atoms with Crippen LogP contribution in [0.3, 0.4) is 0 Å². The first-order valence-electron chi connectivity index (χ1n) is 7.96. The number of urea groups is 1. The van der Waals surface area contributed by atoms with E-state index in [1.807, 2.05) is 0 Å². The molecule has 1 saturated carbocycles. The fourth-order valence-corrected chi connectivity index (χ4v) is 3.31. The van der Waals surface area contributed by atoms with Gasteiger partial charge in [-0.25, -0.2) is 4.79 Å². The zero-order valence-corrected chi connectivity index (χ0v) is 13.9. The maximum atomic E-state index is 12.0. The molecule has 21 heavy (non-hydrogen) atoms. The van der Waals surface area contributed by atoms with Crippen LogP contribution in [0.4, 0.5) is 4.79 Å². The Hall–Kier alpha value is -1.26. The van der Waals surface area contributed by atoms with Crippen molar-refractivity contribution in [1.82, 2.24) is 10.6 Å². The van der Waals surface area contributed by atoms with Crippen LogP contribution < -0.4 is 10.6 Å². The van der Waals surface area contributed by atoms with E-state index in [4.69, 9.17) is 0 Å². The summed E-state index contributed by atoms with van der Waals surface area (Å²) in [6.07, 6.45) is 2.19. The van der Waals surface area contributed by atoms with Gasteiger partial charge in [-0.05, 0) is 37.5 Å². The Morgan fingerprint density at radius 3 is 2.29 bits per heavy atom. The highest BCUT2D eigenvalue weighted by atomic mass is 16.4. The summed E-state index contributed by atoms with van der Waals surface area (Å²) in [5.74, 6) is 0.597. The van der Waals surface area contributed by atoms with Gasteiger partial charge >= 0.3 is 12.0 Å². The molecular formula is C16H30N2O3. The van der Waals surface area contributed by atoms with E-state index in [0.717, 1.165) is 12.8 Å². The second kappa shape index (κ2) is 7.14. The van der Waals surface area contributed by atoms with E-state index < -0.39 is 11.4 Å². The lowest BCUT2D eigenvalue weighted by atomic mass is 9.85. The molecule has 0 radical (unpaired) electrons. The average molecular weight is 298 g/mol. The van der Waals surface area contributed by atoms with Gasteiger partial charge in [0.1, 0.15) is 0 Å². The molecule has 1 rings (SSSR count). The van der Waals surface area contributed by atoms with E-state index in [0.29, 0.717) is 30.7 Å². The number of aliphatic carboxylic acids is 1. The summed E-state index contributed by atoms with van der Waals surface area (Å²) in [6.45, 7) is 11.0. The molecule has 0 heterocycles. The number of carboxylic acids is 1. The Kier molecular flexibility index (Phi) is 6.05. The first kappa shape index (κ1) is 17.8. The second-order valence-electron chi connectivity index (χ2n) is 7.17. The molecular weight excluding hydrogens is 268 g/mol. The predicted molar refractivity (Wildman–Crippen MR) is 83.1 cm³/mol. The molecule has 0 saturated heterocycles. The third-order valence-electron chi connectivity index (χ3n) is 4.96. The molecule has 3 N–H and O–H groups in total. The van der Waals surface area contributed by atoms with Crippen LogP contribution in [0.2, 0.25) is 0 Å². The topological polar surface area (TPSA) is 78.4 Å². The summed E-state index contributed by atoms with van der Waals surface area (Å²) in [5, 5.41) is 15.1. The number of carbonyl (C=O) groups excluding carboxylic acids is 1. The Morgan fingerprint density at radius 2 is 1.81 bits per heavy atom. The third-order valence-corrected chi connectivity index (χ3v) is 4.96. The number of carboxylic acid groups (broad SMARTS) is 1. The van der Waals surface area contributed by atoms with Crippen LogP contribution in [-0.4, -0.2) is 29.7 Å². The molecule has 5 heteroatoms. The SMILES string of the molecule is CC(C)C(CNC(=O)NC1CCCC1(C)C(=O)O)C(C)C. The normalized spacial score (nSPS) is 25.6. The summed E-state index contributed by atoms with van der Waals surface area (Å²) in [7, 11) is 0. The van der Waals surface area contributed by atoms with Crippen molar-refractivity contribution in [2.45, 2.75) is 59.9 Å². The van der Waals surface area contributed by atoms with Gasteiger partial charge < -0.3 is 15.7 Å². The van der Waals surface area contributed by atoms with Gasteiger partial charge in [0, 0.05) is 12.6 Å². The van der Waals surface area contributed by atoms with Crippen molar-refractivity contribution in [3.8, 4) is 0 Å². The lowest BCUT2D eigenvalue weighted by Gasteiger charge is -2.29. The molecule has 1 aliphatic rings. The fourth-order valence-electron chi connectivity index (χ4n) is 3.31. The minimum Gasteiger partial charge on any atom is -0.481 e. The highest BCUT2D eigenvalue weighted by Crippen LogP contribution is 2.38. The van der Waals surface area contributed by atoms with E-state index in [-0.39, 0.29) is 12.1 Å². The van der Waals surface area contributed by atoms with Crippen molar-refractivity contribution in [2.24, 2.45) is 23.2 Å². The molecule has 0 aromatic heterocycles. The van der Waals surface area contributed by atoms with Gasteiger partial charge in [0.05, 0.1) is 5.41 Å². The van der Waals surface area contributed by atoms with Crippen molar-refractivity contribution >= 4 is 12.0 Å². The Labute approximate surface area is 127 Å². The first-order valence-corrected chi connectivity index (χ1v) is 7.96. The predicted octanol–water partition coefficient (Wildman–Crippen LogP) is 2.86. The molecule has 0 aromatic carbocycles. The molecule has 0 aromatic rings. The highest BCUT2D eigenvalue weighted by molar-refractivity contribution is 5.79. The third kappa shape index (κ3) is 4.35. The van der Waals surface area contributed by atoms with Crippen LogP contribution in [-0.2, 0) is 4.79 Å². The number of hydrogen-bond donors (Lipinski definition) is 3. The van der Waals surface area contributed by atoms with Gasteiger partial charge in [0.15, 0.2) is 0 Å². The molecule has 2 unspecified atom stereocenters. The minimum atomic E-state index is -0.840. The maximum Gasteiger partial charge on any atom is 0.315 e. The van der Waals surface area contributed by atoms with Crippen molar-refractivity contribution < 1.29 is 14.7 Å². The van der Waals surface area contributed by atoms with Crippen LogP contribution in [0.25, 0.3) is 0 Å². The minimum absolute atomic E-state index is 0.249. The summed E-state index contributed by atoms with van der Waals surface area (Å²) < 4.78 is 0. The fraction of sp³-hybridized carbons (Fsp3) is 0.875. The van der Waals surface area contributed by atoms with Crippen LogP contribution >= 0.6 is 0 Å². The van der Waals surface area contributed by atoms with Crippen molar-refractivity contribution in [2.75, 3.05) is 6.54 Å². The Balaban J connectivity index is 2.52. The van der Waals surface area contributed by atoms with Gasteiger partial charge in [-0.2, -0.15) is 0 Å². The van der Waals surface area contributed by atoms with Crippen LogP contribution in [0.1, 0.15) is 53.9 Å². The summed E-state index contributed by atoms with van der Waals surface area (Å²) in [6, 6.07) is -0.535. The van der Waals surface area contributed by atoms with E-state index in [1.54, 1.807) is 6.92 Å². The zero-order valence-electron chi connectivity index (χ0n) is 13.9. The van der Waals surface area contributed by atoms with Gasteiger partial charge in [0.2, 0.25) is 0 Å². The molecule has 2 amide bonds. The first-order chi connectivity index (χ1) is 9.68. The van der Waals surface area contributed by atoms with Crippen LogP contribution in [0, 0.1) is 23.2 Å². The van der Waals surface area contributed by atoms with Crippen molar-refractivity contribution in [1.29, 1.82) is 0 Å². The number of carbonyl (C=O) groups is 2. The molecule has 122 valence electrons. The number of nitrogens with one attached hydrogen (secondary N) is 2. The second-order valence-corrected chi connectivity index (χ2v) is 7.17. The van der Waals surface area contributed by atoms with Gasteiger partial charge in [0.25, 0.3) is 0 Å². The summed E-state index contributed by atoms with van der Waals surface area (Å²) in [5.41, 5.74) is -0.840. The van der Waals surface area contributed by atoms with Crippen LogP contribution in [0.5, 0.6) is 0 Å². The Morgan fingerprint density at radius 1 is 1.24 bits per heavy atom. The van der Waals surface area contributed by atoms with Gasteiger partial charge in [-0.1, -0.05) is 34.1 Å². The van der Waals surface area contributed by atoms with Crippen molar-refractivity contribution in [3.63, 3.8) is 0 Å². The molecule has 1 fully saturated rings. The lowest BCUT2D eigenvalue weighted by molar-refractivity contribution is -0.148. The summed E-state index contributed by atoms with van der Waals surface area (Å²) in [4.78, 5) is 23.4. The number of rotatable bonds is 6. The van der Waals surface area contributed by atoms with E-state index in [2.05, 4.69) is 38.3 Å². The standard InChI is InChI=1S/C16H30N2O3/c1-10(2)12(11(3)4)9-17-15(21)18-13-7-6-8-16(13,5)14(19)20/h10-13H,6-9H2,1-5H3,(H,19,20)(H2,17,18,21). The van der Waals surface area contributed by atoms with Gasteiger partial charge in [-0.3, -0.25) is 4.79 Å². The number of amides is 2. The Bertz CT molecular complexity index is 374. The molecule has 5 nitrogen and oxygen atoms in total. The molecule has 0 spiro atoms. The largest absolute Gasteiger partial charge is 0.481 e. The molecule has 0 bridgehead atoms. The van der Waals surface area contributed by atoms with E-state index >= 15 is 0 Å². The molecule has 1 aliphatic carbocycles. The lowest BCUT2D eigenvalue weighted by Crippen LogP contribution is -2.51. The van der Waals surface area contributed by atoms with E-state index in [1.165, 1.54) is 0 Å². The van der Waals surface area contributed by atoms with Crippen molar-refractivity contribution in [3.05, 3.63) is 0 Å². The van der Waals surface area contributed by atoms with E-state index in [9.17, 15) is 14.7 Å². The van der Waals surface area contributed by atoms with Gasteiger partial charge in [-0.15, -0.1) is 0 Å². The monoisotopic (exact) mass is 298 g/mol. The summed E-state index contributed by atoms with van der Waals surface area (Å²) >= 11 is 0. The number of hydrogen-bond acceptors (Lipinski definition) is 2. The quantitative estimate of drug-likeness (QED) is 0.705.